The van der Waals surface area contributed by atoms with Gasteiger partial charge in [0.15, 0.2) is 0 Å². The summed E-state index contributed by atoms with van der Waals surface area (Å²) in [5.41, 5.74) is 0.393. The molecule has 1 saturated carbocycles. The molecule has 100 valence electrons. The molecule has 1 aromatic carbocycles. The topological polar surface area (TPSA) is 32.3 Å². The van der Waals surface area contributed by atoms with Crippen LogP contribution in [0.1, 0.15) is 32.1 Å². The van der Waals surface area contributed by atoms with E-state index in [0.29, 0.717) is 23.2 Å². The molecule has 0 bridgehead atoms. The van der Waals surface area contributed by atoms with Gasteiger partial charge in [0.2, 0.25) is 0 Å². The highest BCUT2D eigenvalue weighted by Gasteiger charge is 2.18. The van der Waals surface area contributed by atoms with Crippen molar-refractivity contribution in [2.45, 2.75) is 38.2 Å². The van der Waals surface area contributed by atoms with Gasteiger partial charge in [0.1, 0.15) is 5.82 Å². The molecule has 0 aliphatic heterocycles. The first-order valence-corrected chi connectivity index (χ1v) is 6.90. The Kier molecular flexibility index (Phi) is 4.84. The van der Waals surface area contributed by atoms with Gasteiger partial charge in [-0.15, -0.1) is 0 Å². The zero-order chi connectivity index (χ0) is 13.0. The number of rotatable bonds is 5. The van der Waals surface area contributed by atoms with Gasteiger partial charge in [0.05, 0.1) is 11.8 Å². The van der Waals surface area contributed by atoms with Crippen LogP contribution >= 0.6 is 11.6 Å². The second-order valence-electron chi connectivity index (χ2n) is 5.05. The molecule has 1 atom stereocenters. The Labute approximate surface area is 112 Å². The minimum absolute atomic E-state index is 0.379. The minimum Gasteiger partial charge on any atom is -0.391 e. The van der Waals surface area contributed by atoms with Crippen LogP contribution in [0.5, 0.6) is 0 Å². The predicted molar refractivity (Wildman–Crippen MR) is 72.5 cm³/mol. The summed E-state index contributed by atoms with van der Waals surface area (Å²) < 4.78 is 13.5. The lowest BCUT2D eigenvalue weighted by Gasteiger charge is -2.16. The molecular formula is C14H19ClFNO. The third kappa shape index (κ3) is 3.85. The monoisotopic (exact) mass is 271 g/mol. The maximum absolute atomic E-state index is 13.5. The molecular weight excluding hydrogens is 253 g/mol. The number of anilines is 1. The standard InChI is InChI=1S/C14H19ClFNO/c15-11-5-6-14(13(16)8-11)17-9-12(18)7-10-3-1-2-4-10/h5-6,8,10,12,17-18H,1-4,7,9H2. The van der Waals surface area contributed by atoms with Crippen LogP contribution in [0.25, 0.3) is 0 Å². The van der Waals surface area contributed by atoms with E-state index in [1.54, 1.807) is 12.1 Å². The molecule has 0 heterocycles. The van der Waals surface area contributed by atoms with Crippen molar-refractivity contribution in [2.75, 3.05) is 11.9 Å². The van der Waals surface area contributed by atoms with E-state index in [4.69, 9.17) is 11.6 Å². The summed E-state index contributed by atoms with van der Waals surface area (Å²) in [5.74, 6) is 0.257. The van der Waals surface area contributed by atoms with Gasteiger partial charge in [-0.25, -0.2) is 4.39 Å². The van der Waals surface area contributed by atoms with Crippen molar-refractivity contribution in [1.82, 2.24) is 0 Å². The van der Waals surface area contributed by atoms with Crippen LogP contribution in [0.15, 0.2) is 18.2 Å². The zero-order valence-electron chi connectivity index (χ0n) is 10.3. The molecule has 0 saturated heterocycles. The summed E-state index contributed by atoms with van der Waals surface area (Å²) in [6.07, 6.45) is 5.37. The van der Waals surface area contributed by atoms with Crippen LogP contribution in [-0.2, 0) is 0 Å². The Bertz CT molecular complexity index is 393. The first kappa shape index (κ1) is 13.6. The Morgan fingerprint density at radius 1 is 1.39 bits per heavy atom. The molecule has 2 nitrogen and oxygen atoms in total. The average molecular weight is 272 g/mol. The molecule has 0 amide bonds. The van der Waals surface area contributed by atoms with Crippen molar-refractivity contribution < 1.29 is 9.50 Å². The smallest absolute Gasteiger partial charge is 0.147 e. The quantitative estimate of drug-likeness (QED) is 0.853. The summed E-state index contributed by atoms with van der Waals surface area (Å²) in [6, 6.07) is 4.50. The highest BCUT2D eigenvalue weighted by Crippen LogP contribution is 2.28. The van der Waals surface area contributed by atoms with Gasteiger partial charge in [-0.2, -0.15) is 0 Å². The predicted octanol–water partition coefficient (Wildman–Crippen LogP) is 3.83. The highest BCUT2D eigenvalue weighted by atomic mass is 35.5. The molecule has 0 aromatic heterocycles. The van der Waals surface area contributed by atoms with E-state index >= 15 is 0 Å². The fraction of sp³-hybridized carbons (Fsp3) is 0.571. The molecule has 2 rings (SSSR count). The van der Waals surface area contributed by atoms with E-state index in [1.807, 2.05) is 0 Å². The van der Waals surface area contributed by atoms with E-state index in [2.05, 4.69) is 5.32 Å². The maximum atomic E-state index is 13.5. The normalized spacial score (nSPS) is 17.9. The van der Waals surface area contributed by atoms with Crippen LogP contribution < -0.4 is 5.32 Å². The van der Waals surface area contributed by atoms with Crippen molar-refractivity contribution in [3.05, 3.63) is 29.0 Å². The number of aliphatic hydroxyl groups is 1. The number of aliphatic hydroxyl groups excluding tert-OH is 1. The summed E-state index contributed by atoms with van der Waals surface area (Å²) in [5, 5.41) is 13.2. The molecule has 2 N–H and O–H groups in total. The Hall–Kier alpha value is -0.800. The van der Waals surface area contributed by atoms with Crippen molar-refractivity contribution in [3.8, 4) is 0 Å². The largest absolute Gasteiger partial charge is 0.391 e. The Morgan fingerprint density at radius 2 is 2.11 bits per heavy atom. The van der Waals surface area contributed by atoms with Crippen molar-refractivity contribution in [2.24, 2.45) is 5.92 Å². The van der Waals surface area contributed by atoms with Crippen molar-refractivity contribution in [1.29, 1.82) is 0 Å². The van der Waals surface area contributed by atoms with E-state index in [1.165, 1.54) is 31.7 Å². The molecule has 4 heteroatoms. The SMILES string of the molecule is OC(CNc1ccc(Cl)cc1F)CC1CCCC1. The first-order chi connectivity index (χ1) is 8.65. The van der Waals surface area contributed by atoms with E-state index in [9.17, 15) is 9.50 Å². The van der Waals surface area contributed by atoms with E-state index < -0.39 is 6.10 Å². The third-order valence-corrected chi connectivity index (χ3v) is 3.77. The van der Waals surface area contributed by atoms with Crippen LogP contribution in [0.2, 0.25) is 5.02 Å². The summed E-state index contributed by atoms with van der Waals surface area (Å²) in [4.78, 5) is 0. The fourth-order valence-corrected chi connectivity index (χ4v) is 2.73. The van der Waals surface area contributed by atoms with Gasteiger partial charge < -0.3 is 10.4 Å². The molecule has 18 heavy (non-hydrogen) atoms. The molecule has 1 aromatic rings. The fourth-order valence-electron chi connectivity index (χ4n) is 2.57. The van der Waals surface area contributed by atoms with Crippen molar-refractivity contribution >= 4 is 17.3 Å². The number of benzene rings is 1. The molecule has 1 fully saturated rings. The van der Waals surface area contributed by atoms with Gasteiger partial charge >= 0.3 is 0 Å². The second-order valence-corrected chi connectivity index (χ2v) is 5.48. The summed E-state index contributed by atoms with van der Waals surface area (Å²) in [6.45, 7) is 0.384. The van der Waals surface area contributed by atoms with Gasteiger partial charge in [0, 0.05) is 11.6 Å². The highest BCUT2D eigenvalue weighted by molar-refractivity contribution is 6.30. The lowest BCUT2D eigenvalue weighted by atomic mass is 10.00. The third-order valence-electron chi connectivity index (χ3n) is 3.54. The van der Waals surface area contributed by atoms with Crippen LogP contribution in [0.3, 0.4) is 0 Å². The molecule has 0 spiro atoms. The number of halogens is 2. The molecule has 1 aliphatic rings. The summed E-state index contributed by atoms with van der Waals surface area (Å²) in [7, 11) is 0. The number of hydrogen-bond acceptors (Lipinski definition) is 2. The average Bonchev–Trinajstić information content (AvgIpc) is 2.80. The van der Waals surface area contributed by atoms with E-state index in [0.717, 1.165) is 6.42 Å². The van der Waals surface area contributed by atoms with Crippen LogP contribution in [0, 0.1) is 11.7 Å². The molecule has 1 aliphatic carbocycles. The molecule has 1 unspecified atom stereocenters. The van der Waals surface area contributed by atoms with E-state index in [-0.39, 0.29) is 5.82 Å². The van der Waals surface area contributed by atoms with Gasteiger partial charge in [-0.1, -0.05) is 37.3 Å². The lowest BCUT2D eigenvalue weighted by Crippen LogP contribution is -2.22. The Balaban J connectivity index is 1.79. The summed E-state index contributed by atoms with van der Waals surface area (Å²) >= 11 is 5.68. The van der Waals surface area contributed by atoms with Gasteiger partial charge in [0.25, 0.3) is 0 Å². The Morgan fingerprint density at radius 3 is 2.78 bits per heavy atom. The van der Waals surface area contributed by atoms with Gasteiger partial charge in [-0.05, 0) is 30.5 Å². The van der Waals surface area contributed by atoms with Crippen LogP contribution in [0.4, 0.5) is 10.1 Å². The second kappa shape index (κ2) is 6.39. The lowest BCUT2D eigenvalue weighted by molar-refractivity contribution is 0.155. The maximum Gasteiger partial charge on any atom is 0.147 e. The van der Waals surface area contributed by atoms with Crippen molar-refractivity contribution in [3.63, 3.8) is 0 Å². The van der Waals surface area contributed by atoms with Gasteiger partial charge in [-0.3, -0.25) is 0 Å². The number of nitrogens with one attached hydrogen (secondary N) is 1. The number of hydrogen-bond donors (Lipinski definition) is 2. The first-order valence-electron chi connectivity index (χ1n) is 6.52. The molecule has 0 radical (unpaired) electrons. The zero-order valence-corrected chi connectivity index (χ0v) is 11.1. The minimum atomic E-state index is -0.414. The van der Waals surface area contributed by atoms with Crippen LogP contribution in [-0.4, -0.2) is 17.8 Å².